The number of nitrogens with one attached hydrogen (secondary N) is 1. The Labute approximate surface area is 141 Å². The predicted octanol–water partition coefficient (Wildman–Crippen LogP) is 3.21. The second-order valence-corrected chi connectivity index (χ2v) is 6.28. The zero-order valence-electron chi connectivity index (χ0n) is 13.7. The van der Waals surface area contributed by atoms with Crippen molar-refractivity contribution in [3.05, 3.63) is 59.9 Å². The first kappa shape index (κ1) is 16.2. The number of likely N-dealkylation sites (tertiary alicyclic amines) is 1. The minimum Gasteiger partial charge on any atom is -0.338 e. The van der Waals surface area contributed by atoms with E-state index in [4.69, 9.17) is 0 Å². The van der Waals surface area contributed by atoms with Crippen LogP contribution in [0.4, 0.5) is 5.69 Å². The van der Waals surface area contributed by atoms with E-state index in [1.54, 1.807) is 6.07 Å². The number of hydrogen-bond donors (Lipinski definition) is 1. The first-order chi connectivity index (χ1) is 11.6. The number of hydrogen-bond acceptors (Lipinski definition) is 3. The van der Waals surface area contributed by atoms with Gasteiger partial charge < -0.3 is 10.2 Å². The zero-order chi connectivity index (χ0) is 16.9. The molecule has 0 radical (unpaired) electrons. The fourth-order valence-electron chi connectivity index (χ4n) is 2.96. The average molecular weight is 323 g/mol. The number of benzene rings is 1. The Balaban J connectivity index is 1.73. The van der Waals surface area contributed by atoms with Crippen molar-refractivity contribution >= 4 is 17.5 Å². The maximum Gasteiger partial charge on any atom is 0.257 e. The van der Waals surface area contributed by atoms with E-state index in [9.17, 15) is 9.59 Å². The van der Waals surface area contributed by atoms with Crippen molar-refractivity contribution in [1.29, 1.82) is 0 Å². The molecule has 1 atom stereocenters. The molecule has 2 aromatic rings. The predicted molar refractivity (Wildman–Crippen MR) is 92.9 cm³/mol. The van der Waals surface area contributed by atoms with E-state index in [2.05, 4.69) is 17.2 Å². The quantitative estimate of drug-likeness (QED) is 0.943. The zero-order valence-corrected chi connectivity index (χ0v) is 13.7. The molecule has 5 nitrogen and oxygen atoms in total. The second-order valence-electron chi connectivity index (χ2n) is 6.28. The molecule has 5 heteroatoms. The summed E-state index contributed by atoms with van der Waals surface area (Å²) in [4.78, 5) is 30.9. The molecule has 0 bridgehead atoms. The van der Waals surface area contributed by atoms with Crippen LogP contribution in [-0.4, -0.2) is 34.8 Å². The van der Waals surface area contributed by atoms with E-state index in [1.165, 1.54) is 12.4 Å². The molecule has 0 aliphatic carbocycles. The first-order valence-corrected chi connectivity index (χ1v) is 8.24. The minimum absolute atomic E-state index is 0.0524. The molecule has 124 valence electrons. The molecule has 24 heavy (non-hydrogen) atoms. The van der Waals surface area contributed by atoms with Crippen LogP contribution in [0.2, 0.25) is 0 Å². The summed E-state index contributed by atoms with van der Waals surface area (Å²) in [5.74, 6) is 0.194. The van der Waals surface area contributed by atoms with Gasteiger partial charge in [-0.2, -0.15) is 0 Å². The molecule has 1 aliphatic rings. The molecule has 1 fully saturated rings. The third-order valence-corrected chi connectivity index (χ3v) is 4.22. The lowest BCUT2D eigenvalue weighted by Gasteiger charge is -2.30. The average Bonchev–Trinajstić information content (AvgIpc) is 2.62. The third kappa shape index (κ3) is 3.79. The van der Waals surface area contributed by atoms with Gasteiger partial charge in [-0.3, -0.25) is 14.6 Å². The SMILES string of the molecule is CC1CCCN(C(=O)c2cncc(C(=O)Nc3ccccc3)c2)C1. The fourth-order valence-corrected chi connectivity index (χ4v) is 2.96. The van der Waals surface area contributed by atoms with Crippen LogP contribution in [0.15, 0.2) is 48.8 Å². The molecule has 0 saturated carbocycles. The lowest BCUT2D eigenvalue weighted by molar-refractivity contribution is 0.0682. The molecule has 1 aromatic heterocycles. The van der Waals surface area contributed by atoms with Crippen molar-refractivity contribution in [3.63, 3.8) is 0 Å². The van der Waals surface area contributed by atoms with Crippen molar-refractivity contribution in [2.75, 3.05) is 18.4 Å². The van der Waals surface area contributed by atoms with Gasteiger partial charge in [0.15, 0.2) is 0 Å². The fraction of sp³-hybridized carbons (Fsp3) is 0.316. The van der Waals surface area contributed by atoms with E-state index in [1.807, 2.05) is 35.2 Å². The van der Waals surface area contributed by atoms with Crippen molar-refractivity contribution in [1.82, 2.24) is 9.88 Å². The van der Waals surface area contributed by atoms with Gasteiger partial charge >= 0.3 is 0 Å². The third-order valence-electron chi connectivity index (χ3n) is 4.22. The Kier molecular flexibility index (Phi) is 4.89. The van der Waals surface area contributed by atoms with Crippen LogP contribution >= 0.6 is 0 Å². The Bertz CT molecular complexity index is 730. The Morgan fingerprint density at radius 2 is 1.92 bits per heavy atom. The highest BCUT2D eigenvalue weighted by Crippen LogP contribution is 2.18. The highest BCUT2D eigenvalue weighted by atomic mass is 16.2. The van der Waals surface area contributed by atoms with Crippen LogP contribution in [0, 0.1) is 5.92 Å². The lowest BCUT2D eigenvalue weighted by Crippen LogP contribution is -2.39. The molecule has 3 rings (SSSR count). The number of anilines is 1. The smallest absolute Gasteiger partial charge is 0.257 e. The van der Waals surface area contributed by atoms with Gasteiger partial charge in [-0.25, -0.2) is 0 Å². The number of aromatic nitrogens is 1. The number of para-hydroxylation sites is 1. The van der Waals surface area contributed by atoms with Gasteiger partial charge in [-0.1, -0.05) is 25.1 Å². The van der Waals surface area contributed by atoms with Crippen LogP contribution in [0.25, 0.3) is 0 Å². The number of pyridine rings is 1. The Hall–Kier alpha value is -2.69. The molecular formula is C19H21N3O2. The van der Waals surface area contributed by atoms with Gasteiger partial charge in [0.2, 0.25) is 0 Å². The molecule has 1 aliphatic heterocycles. The Morgan fingerprint density at radius 1 is 1.17 bits per heavy atom. The summed E-state index contributed by atoms with van der Waals surface area (Å²) in [7, 11) is 0. The number of carbonyl (C=O) groups is 2. The first-order valence-electron chi connectivity index (χ1n) is 8.24. The van der Waals surface area contributed by atoms with Crippen LogP contribution in [0.3, 0.4) is 0 Å². The summed E-state index contributed by atoms with van der Waals surface area (Å²) in [6.45, 7) is 3.68. The number of carbonyl (C=O) groups excluding carboxylic acids is 2. The normalized spacial score (nSPS) is 17.4. The van der Waals surface area contributed by atoms with E-state index >= 15 is 0 Å². The maximum atomic E-state index is 12.6. The van der Waals surface area contributed by atoms with Gasteiger partial charge in [0, 0.05) is 31.2 Å². The minimum atomic E-state index is -0.268. The second kappa shape index (κ2) is 7.25. The van der Waals surface area contributed by atoms with Gasteiger partial charge in [-0.05, 0) is 37.0 Å². The van der Waals surface area contributed by atoms with Gasteiger partial charge in [-0.15, -0.1) is 0 Å². The van der Waals surface area contributed by atoms with Crippen molar-refractivity contribution in [3.8, 4) is 0 Å². The molecule has 2 amide bonds. The van der Waals surface area contributed by atoms with E-state index in [0.29, 0.717) is 22.7 Å². The standard InChI is InChI=1S/C19H21N3O2/c1-14-6-5-9-22(13-14)19(24)16-10-15(11-20-12-16)18(23)21-17-7-3-2-4-8-17/h2-4,7-8,10-12,14H,5-6,9,13H2,1H3,(H,21,23). The van der Waals surface area contributed by atoms with E-state index < -0.39 is 0 Å². The lowest BCUT2D eigenvalue weighted by atomic mass is 9.99. The Morgan fingerprint density at radius 3 is 2.67 bits per heavy atom. The highest BCUT2D eigenvalue weighted by molar-refractivity contribution is 6.05. The highest BCUT2D eigenvalue weighted by Gasteiger charge is 2.22. The topological polar surface area (TPSA) is 62.3 Å². The summed E-state index contributed by atoms with van der Waals surface area (Å²) < 4.78 is 0. The summed E-state index contributed by atoms with van der Waals surface area (Å²) >= 11 is 0. The number of nitrogens with zero attached hydrogens (tertiary/aromatic N) is 2. The van der Waals surface area contributed by atoms with Gasteiger partial charge in [0.1, 0.15) is 0 Å². The largest absolute Gasteiger partial charge is 0.338 e. The van der Waals surface area contributed by atoms with Crippen molar-refractivity contribution in [2.45, 2.75) is 19.8 Å². The van der Waals surface area contributed by atoms with E-state index in [0.717, 1.165) is 25.9 Å². The molecular weight excluding hydrogens is 302 g/mol. The summed E-state index contributed by atoms with van der Waals surface area (Å²) in [6, 6.07) is 10.8. The van der Waals surface area contributed by atoms with Crippen LogP contribution in [0.1, 0.15) is 40.5 Å². The van der Waals surface area contributed by atoms with Crippen molar-refractivity contribution < 1.29 is 9.59 Å². The van der Waals surface area contributed by atoms with Gasteiger partial charge in [0.25, 0.3) is 11.8 Å². The monoisotopic (exact) mass is 323 g/mol. The summed E-state index contributed by atoms with van der Waals surface area (Å²) in [6.07, 6.45) is 5.19. The summed E-state index contributed by atoms with van der Waals surface area (Å²) in [5.41, 5.74) is 1.56. The van der Waals surface area contributed by atoms with Crippen LogP contribution in [-0.2, 0) is 0 Å². The molecule has 2 heterocycles. The molecule has 1 unspecified atom stereocenters. The maximum absolute atomic E-state index is 12.6. The summed E-state index contributed by atoms with van der Waals surface area (Å²) in [5, 5.41) is 2.81. The molecule has 1 aromatic carbocycles. The number of amides is 2. The number of piperidine rings is 1. The van der Waals surface area contributed by atoms with Crippen LogP contribution in [0.5, 0.6) is 0 Å². The molecule has 1 N–H and O–H groups in total. The van der Waals surface area contributed by atoms with Crippen LogP contribution < -0.4 is 5.32 Å². The van der Waals surface area contributed by atoms with Gasteiger partial charge in [0.05, 0.1) is 11.1 Å². The molecule has 0 spiro atoms. The van der Waals surface area contributed by atoms with Crippen molar-refractivity contribution in [2.24, 2.45) is 5.92 Å². The molecule has 1 saturated heterocycles. The number of rotatable bonds is 3. The van der Waals surface area contributed by atoms with E-state index in [-0.39, 0.29) is 11.8 Å².